The van der Waals surface area contributed by atoms with E-state index in [2.05, 4.69) is 11.2 Å². The Morgan fingerprint density at radius 2 is 2.00 bits per heavy atom. The minimum atomic E-state index is -1.13. The molecule has 0 saturated carbocycles. The Labute approximate surface area is 122 Å². The summed E-state index contributed by atoms with van der Waals surface area (Å²) < 4.78 is 0. The van der Waals surface area contributed by atoms with E-state index in [0.29, 0.717) is 37.9 Å². The molecule has 1 aromatic rings. The number of nitrogens with zero attached hydrogens (tertiary/aromatic N) is 3. The van der Waals surface area contributed by atoms with Crippen molar-refractivity contribution < 1.29 is 14.7 Å². The normalized spacial score (nSPS) is 19.8. The highest BCUT2D eigenvalue weighted by atomic mass is 16.7. The third-order valence-corrected chi connectivity index (χ3v) is 4.12. The molecule has 0 aromatic heterocycles. The predicted octanol–water partition coefficient (Wildman–Crippen LogP) is 0.861. The molecule has 1 spiro atoms. The van der Waals surface area contributed by atoms with Gasteiger partial charge in [-0.05, 0) is 17.7 Å². The van der Waals surface area contributed by atoms with Crippen molar-refractivity contribution in [2.24, 2.45) is 5.16 Å². The lowest BCUT2D eigenvalue weighted by molar-refractivity contribution is -0.268. The van der Waals surface area contributed by atoms with Crippen LogP contribution < -0.4 is 5.11 Å². The quantitative estimate of drug-likeness (QED) is 0.765. The summed E-state index contributed by atoms with van der Waals surface area (Å²) in [6.45, 7) is 0.830. The highest BCUT2D eigenvalue weighted by Crippen LogP contribution is 2.36. The van der Waals surface area contributed by atoms with E-state index in [0.717, 1.165) is 11.3 Å². The molecule has 0 aliphatic carbocycles. The van der Waals surface area contributed by atoms with Crippen molar-refractivity contribution in [3.8, 4) is 6.07 Å². The Bertz CT molecular complexity index is 623. The predicted molar refractivity (Wildman–Crippen MR) is 72.3 cm³/mol. The first-order chi connectivity index (χ1) is 10.1. The first-order valence-electron chi connectivity index (χ1n) is 6.83. The van der Waals surface area contributed by atoms with Gasteiger partial charge in [-0.15, -0.1) is 0 Å². The number of oxime groups is 1. The molecule has 21 heavy (non-hydrogen) atoms. The summed E-state index contributed by atoms with van der Waals surface area (Å²) in [5, 5.41) is 23.8. The lowest BCUT2D eigenvalue weighted by Gasteiger charge is -2.38. The summed E-state index contributed by atoms with van der Waals surface area (Å²) in [5.74, 6) is 0. The van der Waals surface area contributed by atoms with E-state index in [1.807, 2.05) is 12.1 Å². The van der Waals surface area contributed by atoms with Crippen LogP contribution in [-0.4, -0.2) is 35.4 Å². The van der Waals surface area contributed by atoms with Gasteiger partial charge in [0.1, 0.15) is 11.7 Å². The van der Waals surface area contributed by atoms with Crippen LogP contribution in [0.25, 0.3) is 0 Å². The Morgan fingerprint density at radius 1 is 1.33 bits per heavy atom. The molecule has 108 valence electrons. The Kier molecular flexibility index (Phi) is 3.26. The molecule has 2 heterocycles. The zero-order valence-corrected chi connectivity index (χ0v) is 11.4. The number of nitriles is 1. The molecule has 0 N–H and O–H groups in total. The molecule has 0 bridgehead atoms. The fourth-order valence-corrected chi connectivity index (χ4v) is 2.78. The molecule has 1 aromatic carbocycles. The van der Waals surface area contributed by atoms with Crippen LogP contribution >= 0.6 is 0 Å². The van der Waals surface area contributed by atoms with Crippen LogP contribution in [0.1, 0.15) is 30.4 Å². The second-order valence-electron chi connectivity index (χ2n) is 5.43. The van der Waals surface area contributed by atoms with E-state index in [-0.39, 0.29) is 0 Å². The molecule has 0 unspecified atom stereocenters. The third-order valence-electron chi connectivity index (χ3n) is 4.12. The maximum atomic E-state index is 10.8. The van der Waals surface area contributed by atoms with Gasteiger partial charge >= 0.3 is 0 Å². The standard InChI is InChI=1S/C15H15N3O3/c16-10-11-1-3-12(4-2-11)13-9-15(21-17-13)5-7-18(8-6-15)14(19)20/h1-4H,5-9H2,(H,19,20)/p-1. The van der Waals surface area contributed by atoms with Gasteiger partial charge in [0.05, 0.1) is 17.3 Å². The second kappa shape index (κ2) is 5.09. The lowest BCUT2D eigenvalue weighted by atomic mass is 9.85. The summed E-state index contributed by atoms with van der Waals surface area (Å²) in [6, 6.07) is 9.30. The fraction of sp³-hybridized carbons (Fsp3) is 0.400. The molecule has 1 amide bonds. The van der Waals surface area contributed by atoms with Gasteiger partial charge < -0.3 is 19.6 Å². The van der Waals surface area contributed by atoms with Gasteiger partial charge in [0.25, 0.3) is 0 Å². The minimum absolute atomic E-state index is 0.394. The van der Waals surface area contributed by atoms with Crippen molar-refractivity contribution >= 4 is 11.8 Å². The molecular weight excluding hydrogens is 270 g/mol. The van der Waals surface area contributed by atoms with Crippen molar-refractivity contribution in [2.45, 2.75) is 24.9 Å². The molecular formula is C15H14N3O3-. The van der Waals surface area contributed by atoms with Crippen LogP contribution in [-0.2, 0) is 4.84 Å². The zero-order chi connectivity index (χ0) is 14.9. The number of likely N-dealkylation sites (tertiary alicyclic amines) is 1. The number of piperidine rings is 1. The summed E-state index contributed by atoms with van der Waals surface area (Å²) >= 11 is 0. The number of carbonyl (C=O) groups excluding carboxylic acids is 1. The smallest absolute Gasteiger partial charge is 0.146 e. The van der Waals surface area contributed by atoms with E-state index < -0.39 is 11.7 Å². The van der Waals surface area contributed by atoms with Crippen LogP contribution in [0.15, 0.2) is 29.4 Å². The van der Waals surface area contributed by atoms with E-state index in [1.165, 1.54) is 4.90 Å². The summed E-state index contributed by atoms with van der Waals surface area (Å²) in [7, 11) is 0. The molecule has 1 fully saturated rings. The summed E-state index contributed by atoms with van der Waals surface area (Å²) in [5.41, 5.74) is 2.00. The monoisotopic (exact) mass is 284 g/mol. The minimum Gasteiger partial charge on any atom is -0.530 e. The molecule has 1 saturated heterocycles. The van der Waals surface area contributed by atoms with Crippen molar-refractivity contribution in [1.29, 1.82) is 5.26 Å². The van der Waals surface area contributed by atoms with Crippen LogP contribution in [0, 0.1) is 11.3 Å². The first-order valence-corrected chi connectivity index (χ1v) is 6.83. The fourth-order valence-electron chi connectivity index (χ4n) is 2.78. The van der Waals surface area contributed by atoms with Gasteiger partial charge in [-0.1, -0.05) is 17.3 Å². The number of hydrogen-bond donors (Lipinski definition) is 0. The van der Waals surface area contributed by atoms with Crippen LogP contribution in [0.4, 0.5) is 4.79 Å². The lowest BCUT2D eigenvalue weighted by Crippen LogP contribution is -2.50. The van der Waals surface area contributed by atoms with Gasteiger partial charge in [0.15, 0.2) is 0 Å². The molecule has 2 aliphatic heterocycles. The summed E-state index contributed by atoms with van der Waals surface area (Å²) in [6.07, 6.45) is 0.769. The Hall–Kier alpha value is -2.55. The summed E-state index contributed by atoms with van der Waals surface area (Å²) in [4.78, 5) is 17.7. The Morgan fingerprint density at radius 3 is 2.57 bits per heavy atom. The van der Waals surface area contributed by atoms with Crippen molar-refractivity contribution in [2.75, 3.05) is 13.1 Å². The molecule has 6 heteroatoms. The van der Waals surface area contributed by atoms with Crippen molar-refractivity contribution in [1.82, 2.24) is 4.90 Å². The van der Waals surface area contributed by atoms with Crippen molar-refractivity contribution in [3.05, 3.63) is 35.4 Å². The van der Waals surface area contributed by atoms with E-state index in [4.69, 9.17) is 10.1 Å². The average molecular weight is 284 g/mol. The molecule has 0 radical (unpaired) electrons. The van der Waals surface area contributed by atoms with E-state index in [1.54, 1.807) is 12.1 Å². The maximum absolute atomic E-state index is 10.8. The Balaban J connectivity index is 1.67. The van der Waals surface area contributed by atoms with Crippen LogP contribution in [0.5, 0.6) is 0 Å². The molecule has 3 rings (SSSR count). The number of amides is 1. The van der Waals surface area contributed by atoms with E-state index >= 15 is 0 Å². The largest absolute Gasteiger partial charge is 0.530 e. The second-order valence-corrected chi connectivity index (χ2v) is 5.43. The maximum Gasteiger partial charge on any atom is 0.146 e. The topological polar surface area (TPSA) is 88.8 Å². The molecule has 6 nitrogen and oxygen atoms in total. The van der Waals surface area contributed by atoms with Gasteiger partial charge in [0.2, 0.25) is 0 Å². The zero-order valence-electron chi connectivity index (χ0n) is 11.4. The first kappa shape index (κ1) is 13.4. The number of carbonyl (C=O) groups is 1. The van der Waals surface area contributed by atoms with Crippen LogP contribution in [0.3, 0.4) is 0 Å². The number of carboxylic acid groups (broad SMARTS) is 1. The van der Waals surface area contributed by atoms with Gasteiger partial charge in [-0.25, -0.2) is 0 Å². The van der Waals surface area contributed by atoms with Crippen molar-refractivity contribution in [3.63, 3.8) is 0 Å². The van der Waals surface area contributed by atoms with Crippen LogP contribution in [0.2, 0.25) is 0 Å². The van der Waals surface area contributed by atoms with E-state index in [9.17, 15) is 9.90 Å². The van der Waals surface area contributed by atoms with Gasteiger partial charge in [0, 0.05) is 32.4 Å². The average Bonchev–Trinajstić information content (AvgIpc) is 2.92. The van der Waals surface area contributed by atoms with Gasteiger partial charge in [-0.2, -0.15) is 5.26 Å². The number of hydrogen-bond acceptors (Lipinski definition) is 5. The molecule has 2 aliphatic rings. The van der Waals surface area contributed by atoms with Gasteiger partial charge in [-0.3, -0.25) is 0 Å². The molecule has 0 atom stereocenters. The number of rotatable bonds is 1. The third kappa shape index (κ3) is 2.55. The number of benzene rings is 1. The highest BCUT2D eigenvalue weighted by Gasteiger charge is 2.42. The SMILES string of the molecule is N#Cc1ccc(C2=NOC3(CCN(C(=O)[O-])CC3)C2)cc1. The highest BCUT2D eigenvalue weighted by molar-refractivity contribution is 6.01.